The van der Waals surface area contributed by atoms with Gasteiger partial charge < -0.3 is 10.3 Å². The van der Waals surface area contributed by atoms with E-state index in [9.17, 15) is 9.59 Å². The Morgan fingerprint density at radius 1 is 1.57 bits per heavy atom. The molecular weight excluding hydrogens is 182 g/mol. The zero-order chi connectivity index (χ0) is 10.6. The third-order valence-electron chi connectivity index (χ3n) is 1.99. The van der Waals surface area contributed by atoms with Crippen LogP contribution in [0.3, 0.4) is 0 Å². The number of nitrogens with one attached hydrogen (secondary N) is 2. The summed E-state index contributed by atoms with van der Waals surface area (Å²) >= 11 is 0. The second kappa shape index (κ2) is 4.76. The normalized spacial score (nSPS) is 12.7. The van der Waals surface area contributed by atoms with Gasteiger partial charge in [-0.05, 0) is 19.5 Å². The fourth-order valence-corrected chi connectivity index (χ4v) is 1.35. The van der Waals surface area contributed by atoms with Crippen molar-refractivity contribution in [3.63, 3.8) is 0 Å². The minimum atomic E-state index is -0.347. The van der Waals surface area contributed by atoms with Crippen molar-refractivity contribution >= 4 is 0 Å². The fourth-order valence-electron chi connectivity index (χ4n) is 1.35. The molecule has 0 bridgehead atoms. The first kappa shape index (κ1) is 10.7. The molecule has 0 spiro atoms. The molecule has 0 aliphatic heterocycles. The Labute approximate surface area is 81.8 Å². The van der Waals surface area contributed by atoms with Crippen molar-refractivity contribution in [3.05, 3.63) is 33.1 Å². The molecule has 2 N–H and O–H groups in total. The molecule has 1 atom stereocenters. The number of H-pyrrole nitrogens is 1. The maximum atomic E-state index is 11.3. The lowest BCUT2D eigenvalue weighted by Gasteiger charge is -2.11. The van der Waals surface area contributed by atoms with Gasteiger partial charge in [0.15, 0.2) is 0 Å². The van der Waals surface area contributed by atoms with Crippen LogP contribution in [0.15, 0.2) is 21.9 Å². The predicted octanol–water partition coefficient (Wildman–Crippen LogP) is -0.608. The lowest BCUT2D eigenvalue weighted by Crippen LogP contribution is -2.37. The van der Waals surface area contributed by atoms with Crippen LogP contribution in [0.2, 0.25) is 0 Å². The van der Waals surface area contributed by atoms with Gasteiger partial charge in [0, 0.05) is 18.8 Å². The molecule has 1 rings (SSSR count). The zero-order valence-electron chi connectivity index (χ0n) is 8.41. The van der Waals surface area contributed by atoms with Crippen LogP contribution in [0.4, 0.5) is 0 Å². The quantitative estimate of drug-likeness (QED) is 0.677. The Morgan fingerprint density at radius 2 is 2.29 bits per heavy atom. The van der Waals surface area contributed by atoms with E-state index in [1.54, 1.807) is 0 Å². The van der Waals surface area contributed by atoms with Crippen molar-refractivity contribution in [2.45, 2.75) is 13.5 Å². The van der Waals surface area contributed by atoms with E-state index in [1.165, 1.54) is 16.8 Å². The monoisotopic (exact) mass is 197 g/mol. The summed E-state index contributed by atoms with van der Waals surface area (Å²) in [7, 11) is 1.84. The summed E-state index contributed by atoms with van der Waals surface area (Å²) in [5.74, 6) is 0.251. The molecule has 1 unspecified atom stereocenters. The van der Waals surface area contributed by atoms with Crippen molar-refractivity contribution in [1.29, 1.82) is 0 Å². The number of aromatic amines is 1. The van der Waals surface area contributed by atoms with Gasteiger partial charge in [-0.25, -0.2) is 4.79 Å². The first-order chi connectivity index (χ1) is 6.65. The summed E-state index contributed by atoms with van der Waals surface area (Å²) in [6.45, 7) is 3.20. The van der Waals surface area contributed by atoms with E-state index in [4.69, 9.17) is 0 Å². The summed E-state index contributed by atoms with van der Waals surface area (Å²) in [6, 6.07) is 1.35. The van der Waals surface area contributed by atoms with E-state index in [1.807, 2.05) is 14.0 Å². The van der Waals surface area contributed by atoms with E-state index in [0.717, 1.165) is 6.54 Å². The highest BCUT2D eigenvalue weighted by molar-refractivity contribution is 4.83. The van der Waals surface area contributed by atoms with Crippen molar-refractivity contribution in [3.8, 4) is 0 Å². The topological polar surface area (TPSA) is 66.9 Å². The van der Waals surface area contributed by atoms with Gasteiger partial charge in [-0.15, -0.1) is 0 Å². The lowest BCUT2D eigenvalue weighted by molar-refractivity contribution is 0.442. The van der Waals surface area contributed by atoms with Crippen LogP contribution < -0.4 is 16.6 Å². The molecule has 0 saturated heterocycles. The molecule has 0 aliphatic rings. The largest absolute Gasteiger partial charge is 0.328 e. The average molecular weight is 197 g/mol. The van der Waals surface area contributed by atoms with Crippen molar-refractivity contribution in [1.82, 2.24) is 14.9 Å². The third-order valence-corrected chi connectivity index (χ3v) is 1.99. The second-order valence-electron chi connectivity index (χ2n) is 3.39. The standard InChI is InChI=1S/C9H15N3O2/c1-7(5-10-2)6-12-8(13)3-4-11-9(12)14/h3-4,7,10H,5-6H2,1-2H3,(H,11,14). The molecule has 1 heterocycles. The molecule has 0 radical (unpaired) electrons. The minimum Gasteiger partial charge on any atom is -0.319 e. The number of hydrogen-bond donors (Lipinski definition) is 2. The Bertz CT molecular complexity index is 365. The third kappa shape index (κ3) is 2.56. The molecule has 0 fully saturated rings. The molecule has 0 aliphatic carbocycles. The number of nitrogens with zero attached hydrogens (tertiary/aromatic N) is 1. The van der Waals surface area contributed by atoms with Crippen LogP contribution in [0.5, 0.6) is 0 Å². The molecule has 0 amide bonds. The molecule has 5 heteroatoms. The zero-order valence-corrected chi connectivity index (χ0v) is 8.41. The molecule has 1 aromatic rings. The maximum absolute atomic E-state index is 11.3. The molecule has 5 nitrogen and oxygen atoms in total. The molecule has 1 aromatic heterocycles. The van der Waals surface area contributed by atoms with Gasteiger partial charge >= 0.3 is 5.69 Å². The van der Waals surface area contributed by atoms with Crippen molar-refractivity contribution in [2.75, 3.05) is 13.6 Å². The highest BCUT2D eigenvalue weighted by Gasteiger charge is 2.05. The van der Waals surface area contributed by atoms with E-state index in [2.05, 4.69) is 10.3 Å². The van der Waals surface area contributed by atoms with E-state index in [-0.39, 0.29) is 17.2 Å². The van der Waals surface area contributed by atoms with Crippen LogP contribution in [-0.4, -0.2) is 23.1 Å². The van der Waals surface area contributed by atoms with Gasteiger partial charge in [-0.3, -0.25) is 9.36 Å². The Morgan fingerprint density at radius 3 is 2.86 bits per heavy atom. The first-order valence-electron chi connectivity index (χ1n) is 4.58. The minimum absolute atomic E-state index is 0.251. The summed E-state index contributed by atoms with van der Waals surface area (Å²) in [6.07, 6.45) is 1.36. The molecule has 78 valence electrons. The maximum Gasteiger partial charge on any atom is 0.328 e. The summed E-state index contributed by atoms with van der Waals surface area (Å²) in [4.78, 5) is 25.0. The van der Waals surface area contributed by atoms with Gasteiger partial charge in [0.1, 0.15) is 0 Å². The van der Waals surface area contributed by atoms with Crippen molar-refractivity contribution < 1.29 is 0 Å². The molecule has 0 saturated carbocycles. The Balaban J connectivity index is 2.86. The summed E-state index contributed by atoms with van der Waals surface area (Å²) < 4.78 is 1.21. The smallest absolute Gasteiger partial charge is 0.319 e. The van der Waals surface area contributed by atoms with Gasteiger partial charge in [0.25, 0.3) is 5.56 Å². The van der Waals surface area contributed by atoms with Gasteiger partial charge in [0.05, 0.1) is 0 Å². The highest BCUT2D eigenvalue weighted by Crippen LogP contribution is 1.93. The SMILES string of the molecule is CNCC(C)Cn1c(=O)cc[nH]c1=O. The van der Waals surface area contributed by atoms with Gasteiger partial charge in [-0.2, -0.15) is 0 Å². The highest BCUT2D eigenvalue weighted by atomic mass is 16.2. The second-order valence-corrected chi connectivity index (χ2v) is 3.39. The predicted molar refractivity (Wildman–Crippen MR) is 54.4 cm³/mol. The summed E-state index contributed by atoms with van der Waals surface area (Å²) in [5, 5.41) is 3.00. The number of rotatable bonds is 4. The lowest BCUT2D eigenvalue weighted by atomic mass is 10.2. The van der Waals surface area contributed by atoms with Gasteiger partial charge in [-0.1, -0.05) is 6.92 Å². The molecular formula is C9H15N3O2. The van der Waals surface area contributed by atoms with E-state index >= 15 is 0 Å². The Hall–Kier alpha value is -1.36. The molecule has 14 heavy (non-hydrogen) atoms. The summed E-state index contributed by atoms with van der Waals surface area (Å²) in [5.41, 5.74) is -0.600. The van der Waals surface area contributed by atoms with Crippen molar-refractivity contribution in [2.24, 2.45) is 5.92 Å². The van der Waals surface area contributed by atoms with Crippen LogP contribution in [0, 0.1) is 5.92 Å². The Kier molecular flexibility index (Phi) is 3.64. The number of hydrogen-bond acceptors (Lipinski definition) is 3. The number of aromatic nitrogens is 2. The van der Waals surface area contributed by atoms with Gasteiger partial charge in [0.2, 0.25) is 0 Å². The average Bonchev–Trinajstić information content (AvgIpc) is 2.12. The van der Waals surface area contributed by atoms with Crippen LogP contribution in [0.1, 0.15) is 6.92 Å². The first-order valence-corrected chi connectivity index (χ1v) is 4.58. The van der Waals surface area contributed by atoms with Crippen LogP contribution in [0.25, 0.3) is 0 Å². The molecule has 0 aromatic carbocycles. The van der Waals surface area contributed by atoms with Crippen LogP contribution >= 0.6 is 0 Å². The van der Waals surface area contributed by atoms with E-state index in [0.29, 0.717) is 6.54 Å². The fraction of sp³-hybridized carbons (Fsp3) is 0.556. The van der Waals surface area contributed by atoms with E-state index < -0.39 is 0 Å². The van der Waals surface area contributed by atoms with Crippen LogP contribution in [-0.2, 0) is 6.54 Å².